The second-order valence-corrected chi connectivity index (χ2v) is 5.12. The minimum atomic E-state index is -0.185. The van der Waals surface area contributed by atoms with Crippen molar-refractivity contribution in [3.63, 3.8) is 0 Å². The van der Waals surface area contributed by atoms with Crippen molar-refractivity contribution >= 4 is 11.8 Å². The van der Waals surface area contributed by atoms with E-state index in [9.17, 15) is 9.59 Å². The molecular weight excluding hydrogens is 214 g/mol. The number of nitrogens with one attached hydrogen (secondary N) is 1. The van der Waals surface area contributed by atoms with E-state index in [1.807, 2.05) is 25.1 Å². The van der Waals surface area contributed by atoms with Crippen LogP contribution in [-0.4, -0.2) is 11.8 Å². The minimum Gasteiger partial charge on any atom is -0.296 e. The molecule has 1 aliphatic heterocycles. The van der Waals surface area contributed by atoms with E-state index in [0.29, 0.717) is 12.8 Å². The van der Waals surface area contributed by atoms with Gasteiger partial charge in [0.05, 0.1) is 0 Å². The molecule has 0 aliphatic carbocycles. The van der Waals surface area contributed by atoms with Gasteiger partial charge in [-0.3, -0.25) is 14.9 Å². The summed E-state index contributed by atoms with van der Waals surface area (Å²) in [6.45, 7) is 2.02. The maximum absolute atomic E-state index is 11.4. The zero-order valence-corrected chi connectivity index (χ0v) is 10.0. The van der Waals surface area contributed by atoms with Crippen molar-refractivity contribution in [2.45, 2.75) is 32.6 Å². The summed E-state index contributed by atoms with van der Waals surface area (Å²) in [5.41, 5.74) is 1.07. The predicted octanol–water partition coefficient (Wildman–Crippen LogP) is 2.06. The minimum absolute atomic E-state index is 0.142. The van der Waals surface area contributed by atoms with E-state index in [1.165, 1.54) is 5.56 Å². The molecule has 1 saturated heterocycles. The molecule has 1 heterocycles. The first-order valence-electron chi connectivity index (χ1n) is 5.94. The molecule has 17 heavy (non-hydrogen) atoms. The lowest BCUT2D eigenvalue weighted by atomic mass is 9.76. The molecule has 0 atom stereocenters. The topological polar surface area (TPSA) is 46.2 Å². The van der Waals surface area contributed by atoms with E-state index in [1.54, 1.807) is 0 Å². The molecular formula is C14H17NO2. The first-order valence-corrected chi connectivity index (χ1v) is 5.94. The molecule has 1 aromatic carbocycles. The maximum Gasteiger partial charge on any atom is 0.227 e. The summed E-state index contributed by atoms with van der Waals surface area (Å²) in [5, 5.41) is 2.35. The number of piperidine rings is 1. The molecule has 0 radical (unpaired) electrons. The maximum atomic E-state index is 11.4. The van der Waals surface area contributed by atoms with Gasteiger partial charge in [0.2, 0.25) is 11.8 Å². The van der Waals surface area contributed by atoms with E-state index >= 15 is 0 Å². The first kappa shape index (κ1) is 11.8. The molecule has 0 aromatic heterocycles. The van der Waals surface area contributed by atoms with Crippen LogP contribution >= 0.6 is 0 Å². The lowest BCUT2D eigenvalue weighted by Gasteiger charge is -2.32. The van der Waals surface area contributed by atoms with Gasteiger partial charge in [-0.1, -0.05) is 37.3 Å². The molecule has 1 fully saturated rings. The number of carbonyl (C=O) groups excluding carboxylic acids is 2. The van der Waals surface area contributed by atoms with Crippen LogP contribution < -0.4 is 5.32 Å². The van der Waals surface area contributed by atoms with E-state index in [2.05, 4.69) is 17.4 Å². The van der Waals surface area contributed by atoms with Crippen molar-refractivity contribution in [1.82, 2.24) is 5.32 Å². The molecule has 3 heteroatoms. The molecule has 90 valence electrons. The van der Waals surface area contributed by atoms with Crippen LogP contribution in [-0.2, 0) is 16.0 Å². The summed E-state index contributed by atoms with van der Waals surface area (Å²) in [6, 6.07) is 10.2. The number of hydrogen-bond acceptors (Lipinski definition) is 2. The summed E-state index contributed by atoms with van der Waals surface area (Å²) in [4.78, 5) is 22.7. The Labute approximate surface area is 101 Å². The van der Waals surface area contributed by atoms with E-state index in [0.717, 1.165) is 12.8 Å². The smallest absolute Gasteiger partial charge is 0.227 e. The summed E-state index contributed by atoms with van der Waals surface area (Å²) in [6.07, 6.45) is 2.69. The highest BCUT2D eigenvalue weighted by Crippen LogP contribution is 2.34. The molecule has 1 aliphatic rings. The van der Waals surface area contributed by atoms with Crippen LogP contribution in [0.5, 0.6) is 0 Å². The SMILES string of the molecule is CC1(CCc2ccccc2)CC(=O)NC(=O)C1. The van der Waals surface area contributed by atoms with Crippen molar-refractivity contribution < 1.29 is 9.59 Å². The highest BCUT2D eigenvalue weighted by atomic mass is 16.2. The molecule has 2 amide bonds. The summed E-state index contributed by atoms with van der Waals surface area (Å²) in [7, 11) is 0. The zero-order chi connectivity index (χ0) is 12.3. The average Bonchev–Trinajstić information content (AvgIpc) is 2.26. The van der Waals surface area contributed by atoms with Gasteiger partial charge in [0.15, 0.2) is 0 Å². The molecule has 1 aromatic rings. The molecule has 0 saturated carbocycles. The Kier molecular flexibility index (Phi) is 3.27. The van der Waals surface area contributed by atoms with Crippen molar-refractivity contribution in [3.8, 4) is 0 Å². The number of aryl methyl sites for hydroxylation is 1. The fourth-order valence-corrected chi connectivity index (χ4v) is 2.35. The molecule has 2 rings (SSSR count). The molecule has 1 N–H and O–H groups in total. The third-order valence-corrected chi connectivity index (χ3v) is 3.31. The number of rotatable bonds is 3. The van der Waals surface area contributed by atoms with Crippen LogP contribution in [0.25, 0.3) is 0 Å². The standard InChI is InChI=1S/C14H17NO2/c1-14(9-12(16)15-13(17)10-14)8-7-11-5-3-2-4-6-11/h2-6H,7-10H2,1H3,(H,15,16,17). The second-order valence-electron chi connectivity index (χ2n) is 5.12. The highest BCUT2D eigenvalue weighted by Gasteiger charge is 2.34. The number of benzene rings is 1. The average molecular weight is 231 g/mol. The van der Waals surface area contributed by atoms with Gasteiger partial charge in [0, 0.05) is 12.8 Å². The summed E-state index contributed by atoms with van der Waals surface area (Å²) in [5.74, 6) is -0.284. The Morgan fingerprint density at radius 3 is 2.29 bits per heavy atom. The van der Waals surface area contributed by atoms with E-state index in [4.69, 9.17) is 0 Å². The lowest BCUT2D eigenvalue weighted by Crippen LogP contribution is -2.43. The van der Waals surface area contributed by atoms with Crippen molar-refractivity contribution in [2.75, 3.05) is 0 Å². The molecule has 0 bridgehead atoms. The van der Waals surface area contributed by atoms with E-state index < -0.39 is 0 Å². The first-order chi connectivity index (χ1) is 8.07. The lowest BCUT2D eigenvalue weighted by molar-refractivity contribution is -0.137. The third kappa shape index (κ3) is 3.16. The fourth-order valence-electron chi connectivity index (χ4n) is 2.35. The third-order valence-electron chi connectivity index (χ3n) is 3.31. The number of hydrogen-bond donors (Lipinski definition) is 1. The van der Waals surface area contributed by atoms with Gasteiger partial charge in [-0.05, 0) is 23.8 Å². The Hall–Kier alpha value is -1.64. The van der Waals surface area contributed by atoms with Crippen LogP contribution in [0.4, 0.5) is 0 Å². The van der Waals surface area contributed by atoms with Gasteiger partial charge in [0.1, 0.15) is 0 Å². The second kappa shape index (κ2) is 4.70. The molecule has 0 unspecified atom stereocenters. The number of carbonyl (C=O) groups is 2. The monoisotopic (exact) mass is 231 g/mol. The Morgan fingerprint density at radius 1 is 1.12 bits per heavy atom. The van der Waals surface area contributed by atoms with Crippen molar-refractivity contribution in [2.24, 2.45) is 5.41 Å². The van der Waals surface area contributed by atoms with Crippen molar-refractivity contribution in [3.05, 3.63) is 35.9 Å². The van der Waals surface area contributed by atoms with E-state index in [-0.39, 0.29) is 17.2 Å². The number of imide groups is 1. The molecule has 0 spiro atoms. The summed E-state index contributed by atoms with van der Waals surface area (Å²) >= 11 is 0. The van der Waals surface area contributed by atoms with Gasteiger partial charge in [0.25, 0.3) is 0 Å². The number of amides is 2. The van der Waals surface area contributed by atoms with Gasteiger partial charge in [-0.15, -0.1) is 0 Å². The Morgan fingerprint density at radius 2 is 1.71 bits per heavy atom. The Balaban J connectivity index is 1.98. The van der Waals surface area contributed by atoms with Crippen LogP contribution in [0.1, 0.15) is 31.7 Å². The van der Waals surface area contributed by atoms with Crippen LogP contribution in [0, 0.1) is 5.41 Å². The fraction of sp³-hybridized carbons (Fsp3) is 0.429. The van der Waals surface area contributed by atoms with Crippen LogP contribution in [0.2, 0.25) is 0 Å². The predicted molar refractivity (Wildman–Crippen MR) is 65.3 cm³/mol. The molecule has 3 nitrogen and oxygen atoms in total. The summed E-state index contributed by atoms with van der Waals surface area (Å²) < 4.78 is 0. The zero-order valence-electron chi connectivity index (χ0n) is 10.0. The van der Waals surface area contributed by atoms with Crippen LogP contribution in [0.3, 0.4) is 0 Å². The quantitative estimate of drug-likeness (QED) is 0.809. The normalized spacial score (nSPS) is 18.9. The van der Waals surface area contributed by atoms with Gasteiger partial charge < -0.3 is 0 Å². The van der Waals surface area contributed by atoms with Gasteiger partial charge in [-0.2, -0.15) is 0 Å². The highest BCUT2D eigenvalue weighted by molar-refractivity contribution is 5.98. The van der Waals surface area contributed by atoms with Gasteiger partial charge in [-0.25, -0.2) is 0 Å². The van der Waals surface area contributed by atoms with Crippen LogP contribution in [0.15, 0.2) is 30.3 Å². The Bertz CT molecular complexity index is 409. The van der Waals surface area contributed by atoms with Gasteiger partial charge >= 0.3 is 0 Å². The van der Waals surface area contributed by atoms with Crippen molar-refractivity contribution in [1.29, 1.82) is 0 Å². The largest absolute Gasteiger partial charge is 0.296 e.